The Bertz CT molecular complexity index is 832. The van der Waals surface area contributed by atoms with Crippen molar-refractivity contribution in [3.05, 3.63) is 84.9 Å². The monoisotopic (exact) mass is 341 g/mol. The first kappa shape index (κ1) is 15.8. The molecular weight excluding hydrogens is 324 g/mol. The Morgan fingerprint density at radius 3 is 1.39 bits per heavy atom. The number of rotatable bonds is 4. The maximum Gasteiger partial charge on any atom is 0.175 e. The number of benzene rings is 3. The van der Waals surface area contributed by atoms with Crippen LogP contribution in [0.2, 0.25) is 0 Å². The van der Waals surface area contributed by atoms with E-state index in [0.717, 1.165) is 4.90 Å². The van der Waals surface area contributed by atoms with Crippen molar-refractivity contribution >= 4 is 20.7 Å². The second kappa shape index (κ2) is 6.60. The van der Waals surface area contributed by atoms with Crippen LogP contribution < -0.4 is 0 Å². The molecule has 0 saturated heterocycles. The van der Waals surface area contributed by atoms with Crippen LogP contribution in [0.25, 0.3) is 0 Å². The molecule has 0 fully saturated rings. The Morgan fingerprint density at radius 2 is 1.00 bits per heavy atom. The highest BCUT2D eigenvalue weighted by atomic mass is 32.2. The van der Waals surface area contributed by atoms with Crippen LogP contribution in [0.15, 0.2) is 105 Å². The molecule has 2 nitrogen and oxygen atoms in total. The SMILES string of the molecule is CS(=O)(=O)c1ccc([S+](c2ccccc2)c2ccccc2)cc1. The Morgan fingerprint density at radius 1 is 0.609 bits per heavy atom. The smallest absolute Gasteiger partial charge is 0.175 e. The van der Waals surface area contributed by atoms with Crippen LogP contribution in [0.4, 0.5) is 0 Å². The van der Waals surface area contributed by atoms with Gasteiger partial charge in [-0.1, -0.05) is 36.4 Å². The first-order valence-electron chi connectivity index (χ1n) is 7.20. The maximum atomic E-state index is 11.7. The molecule has 116 valence electrons. The van der Waals surface area contributed by atoms with E-state index in [1.807, 2.05) is 48.5 Å². The Hall–Kier alpha value is -2.04. The lowest BCUT2D eigenvalue weighted by molar-refractivity contribution is 0.602. The van der Waals surface area contributed by atoms with Gasteiger partial charge in [-0.2, -0.15) is 0 Å². The molecule has 0 radical (unpaired) electrons. The van der Waals surface area contributed by atoms with Crippen LogP contribution in [0.1, 0.15) is 0 Å². The summed E-state index contributed by atoms with van der Waals surface area (Å²) in [7, 11) is -3.42. The fourth-order valence-corrected chi connectivity index (χ4v) is 5.06. The molecule has 0 aliphatic carbocycles. The van der Waals surface area contributed by atoms with Crippen molar-refractivity contribution in [2.24, 2.45) is 0 Å². The van der Waals surface area contributed by atoms with Crippen molar-refractivity contribution in [2.45, 2.75) is 19.6 Å². The highest BCUT2D eigenvalue weighted by molar-refractivity contribution is 7.97. The van der Waals surface area contributed by atoms with Gasteiger partial charge in [0, 0.05) is 6.26 Å². The first-order chi connectivity index (χ1) is 11.1. The van der Waals surface area contributed by atoms with Gasteiger partial charge in [0.2, 0.25) is 0 Å². The van der Waals surface area contributed by atoms with Gasteiger partial charge in [0.25, 0.3) is 0 Å². The summed E-state index contributed by atoms with van der Waals surface area (Å²) in [5.74, 6) is 0. The first-order valence-corrected chi connectivity index (χ1v) is 10.3. The molecule has 4 heteroatoms. The number of hydrogen-bond donors (Lipinski definition) is 0. The molecule has 0 unspecified atom stereocenters. The van der Waals surface area contributed by atoms with Gasteiger partial charge in [-0.15, -0.1) is 0 Å². The Kier molecular flexibility index (Phi) is 4.55. The van der Waals surface area contributed by atoms with Crippen molar-refractivity contribution in [3.63, 3.8) is 0 Å². The predicted molar refractivity (Wildman–Crippen MR) is 94.6 cm³/mol. The van der Waals surface area contributed by atoms with Crippen LogP contribution in [0.5, 0.6) is 0 Å². The summed E-state index contributed by atoms with van der Waals surface area (Å²) in [6.07, 6.45) is 1.23. The molecule has 0 bridgehead atoms. The minimum atomic E-state index is -3.17. The molecule has 0 saturated carbocycles. The number of sulfone groups is 1. The summed E-state index contributed by atoms with van der Waals surface area (Å²) in [4.78, 5) is 3.89. The highest BCUT2D eigenvalue weighted by Crippen LogP contribution is 2.31. The van der Waals surface area contributed by atoms with Crippen molar-refractivity contribution in [1.82, 2.24) is 0 Å². The van der Waals surface area contributed by atoms with Gasteiger partial charge in [-0.25, -0.2) is 8.42 Å². The van der Waals surface area contributed by atoms with Gasteiger partial charge in [-0.3, -0.25) is 0 Å². The molecule has 0 aliphatic heterocycles. The Balaban J connectivity index is 2.09. The molecule has 23 heavy (non-hydrogen) atoms. The van der Waals surface area contributed by atoms with Crippen molar-refractivity contribution in [1.29, 1.82) is 0 Å². The normalized spacial score (nSPS) is 11.6. The van der Waals surface area contributed by atoms with Gasteiger partial charge in [0.05, 0.1) is 15.8 Å². The van der Waals surface area contributed by atoms with E-state index < -0.39 is 9.84 Å². The third-order valence-electron chi connectivity index (χ3n) is 3.45. The van der Waals surface area contributed by atoms with Crippen LogP contribution in [0.3, 0.4) is 0 Å². The molecule has 0 aliphatic rings. The molecular formula is C19H17O2S2+. The van der Waals surface area contributed by atoms with Gasteiger partial charge < -0.3 is 0 Å². The standard InChI is InChI=1S/C19H17O2S2/c1-23(20,21)19-14-12-18(13-15-19)22(16-8-4-2-5-9-16)17-10-6-3-7-11-17/h2-15H,1H3/q+1. The lowest BCUT2D eigenvalue weighted by atomic mass is 10.4. The summed E-state index contributed by atoms with van der Waals surface area (Å²) in [6, 6.07) is 27.8. The van der Waals surface area contributed by atoms with E-state index in [9.17, 15) is 8.42 Å². The van der Waals surface area contributed by atoms with Crippen molar-refractivity contribution < 1.29 is 8.42 Å². The summed E-state index contributed by atoms with van der Waals surface area (Å²) in [5, 5.41) is 0. The molecule has 0 N–H and O–H groups in total. The number of hydrogen-bond acceptors (Lipinski definition) is 2. The highest BCUT2D eigenvalue weighted by Gasteiger charge is 2.28. The van der Waals surface area contributed by atoms with E-state index in [-0.39, 0.29) is 10.9 Å². The lowest BCUT2D eigenvalue weighted by Gasteiger charge is -2.08. The van der Waals surface area contributed by atoms with Crippen molar-refractivity contribution in [3.8, 4) is 0 Å². The second-order valence-corrected chi connectivity index (χ2v) is 9.22. The second-order valence-electron chi connectivity index (χ2n) is 5.18. The summed E-state index contributed by atoms with van der Waals surface area (Å²) < 4.78 is 23.3. The molecule has 0 aromatic heterocycles. The zero-order valence-corrected chi connectivity index (χ0v) is 14.3. The molecule has 0 heterocycles. The van der Waals surface area contributed by atoms with Crippen LogP contribution in [0, 0.1) is 0 Å². The average molecular weight is 341 g/mol. The molecule has 0 atom stereocenters. The quantitative estimate of drug-likeness (QED) is 0.667. The molecule has 0 spiro atoms. The van der Waals surface area contributed by atoms with Crippen LogP contribution in [-0.2, 0) is 20.7 Å². The zero-order chi connectivity index (χ0) is 16.3. The predicted octanol–water partition coefficient (Wildman–Crippen LogP) is 4.19. The third-order valence-corrected chi connectivity index (χ3v) is 6.80. The molecule has 3 aromatic carbocycles. The minimum absolute atomic E-state index is 0.245. The van der Waals surface area contributed by atoms with Gasteiger partial charge in [0.1, 0.15) is 0 Å². The van der Waals surface area contributed by atoms with Crippen molar-refractivity contribution in [2.75, 3.05) is 6.26 Å². The van der Waals surface area contributed by atoms with Gasteiger partial charge in [0.15, 0.2) is 24.5 Å². The average Bonchev–Trinajstić information content (AvgIpc) is 2.57. The van der Waals surface area contributed by atoms with E-state index in [0.29, 0.717) is 4.90 Å². The lowest BCUT2D eigenvalue weighted by Crippen LogP contribution is -2.05. The largest absolute Gasteiger partial charge is 0.224 e. The van der Waals surface area contributed by atoms with E-state index in [4.69, 9.17) is 0 Å². The third kappa shape index (κ3) is 3.66. The van der Waals surface area contributed by atoms with E-state index in [1.54, 1.807) is 12.1 Å². The summed E-state index contributed by atoms with van der Waals surface area (Å²) in [5.41, 5.74) is 0. The van der Waals surface area contributed by atoms with Gasteiger partial charge in [-0.05, 0) is 48.5 Å². The fraction of sp³-hybridized carbons (Fsp3) is 0.0526. The van der Waals surface area contributed by atoms with Gasteiger partial charge >= 0.3 is 0 Å². The maximum absolute atomic E-state index is 11.7. The summed E-state index contributed by atoms with van der Waals surface area (Å²) in [6.45, 7) is 0. The zero-order valence-electron chi connectivity index (χ0n) is 12.7. The molecule has 3 rings (SSSR count). The minimum Gasteiger partial charge on any atom is -0.224 e. The van der Waals surface area contributed by atoms with Crippen LogP contribution >= 0.6 is 0 Å². The Labute approximate surface area is 140 Å². The molecule has 0 amide bonds. The fourth-order valence-electron chi connectivity index (χ4n) is 2.34. The topological polar surface area (TPSA) is 34.1 Å². The molecule has 3 aromatic rings. The van der Waals surface area contributed by atoms with Crippen LogP contribution in [-0.4, -0.2) is 14.7 Å². The van der Waals surface area contributed by atoms with E-state index in [2.05, 4.69) is 24.3 Å². The van der Waals surface area contributed by atoms with E-state index in [1.165, 1.54) is 16.0 Å². The van der Waals surface area contributed by atoms with E-state index >= 15 is 0 Å². The summed E-state index contributed by atoms with van der Waals surface area (Å²) >= 11 is 0.